The van der Waals surface area contributed by atoms with Crippen LogP contribution in [0.2, 0.25) is 0 Å². The summed E-state index contributed by atoms with van der Waals surface area (Å²) in [5.74, 6) is -0.382. The van der Waals surface area contributed by atoms with Crippen LogP contribution in [0.5, 0.6) is 0 Å². The highest BCUT2D eigenvalue weighted by Crippen LogP contribution is 2.04. The van der Waals surface area contributed by atoms with Gasteiger partial charge in [-0.2, -0.15) is 0 Å². The summed E-state index contributed by atoms with van der Waals surface area (Å²) in [5.41, 5.74) is 2.38. The van der Waals surface area contributed by atoms with Gasteiger partial charge in [0.25, 0.3) is 11.5 Å². The van der Waals surface area contributed by atoms with Gasteiger partial charge in [-0.05, 0) is 31.5 Å². The number of fused-ring (bicyclic) bond motifs is 1. The largest absolute Gasteiger partial charge is 0.348 e. The minimum Gasteiger partial charge on any atom is -0.348 e. The van der Waals surface area contributed by atoms with Crippen LogP contribution < -0.4 is 16.2 Å². The third-order valence-corrected chi connectivity index (χ3v) is 3.73. The predicted octanol–water partition coefficient (Wildman–Crippen LogP) is 1.07. The second-order valence-corrected chi connectivity index (χ2v) is 5.41. The Morgan fingerprint density at radius 3 is 3.00 bits per heavy atom. The van der Waals surface area contributed by atoms with Gasteiger partial charge in [-0.25, -0.2) is 4.98 Å². The SMILES string of the molecule is Cc1ccc2ncc(C(=O)NCC3=CCNCC3)c(=O)n2c1.Cl. The van der Waals surface area contributed by atoms with Gasteiger partial charge >= 0.3 is 0 Å². The van der Waals surface area contributed by atoms with Crippen LogP contribution in [-0.2, 0) is 0 Å². The molecular weight excluding hydrogens is 316 g/mol. The summed E-state index contributed by atoms with van der Waals surface area (Å²) in [6.45, 7) is 4.10. The summed E-state index contributed by atoms with van der Waals surface area (Å²) < 4.78 is 1.41. The third kappa shape index (κ3) is 3.78. The zero-order valence-corrected chi connectivity index (χ0v) is 13.7. The molecule has 3 heterocycles. The maximum Gasteiger partial charge on any atom is 0.270 e. The van der Waals surface area contributed by atoms with Crippen LogP contribution in [0.4, 0.5) is 0 Å². The average molecular weight is 335 g/mol. The van der Waals surface area contributed by atoms with Crippen LogP contribution in [0.25, 0.3) is 5.65 Å². The molecule has 0 saturated heterocycles. The standard InChI is InChI=1S/C16H18N4O2.ClH/c1-11-2-3-14-18-9-13(16(22)20(14)10-11)15(21)19-8-12-4-6-17-7-5-12;/h2-4,9-10,17H,5-8H2,1H3,(H,19,21);1H. The molecule has 1 aliphatic rings. The molecule has 6 nitrogen and oxygen atoms in total. The molecule has 3 rings (SSSR count). The normalized spacial score (nSPS) is 14.0. The molecule has 2 N–H and O–H groups in total. The van der Waals surface area contributed by atoms with E-state index in [1.807, 2.05) is 13.0 Å². The highest BCUT2D eigenvalue weighted by Gasteiger charge is 2.14. The average Bonchev–Trinajstić information content (AvgIpc) is 2.54. The van der Waals surface area contributed by atoms with Crippen molar-refractivity contribution in [2.75, 3.05) is 19.6 Å². The first-order valence-electron chi connectivity index (χ1n) is 7.30. The molecule has 122 valence electrons. The van der Waals surface area contributed by atoms with Gasteiger partial charge in [0.05, 0.1) is 0 Å². The van der Waals surface area contributed by atoms with Gasteiger partial charge in [-0.15, -0.1) is 12.4 Å². The molecule has 0 saturated carbocycles. The van der Waals surface area contributed by atoms with E-state index in [-0.39, 0.29) is 29.4 Å². The molecule has 0 fully saturated rings. The minimum atomic E-state index is -0.382. The van der Waals surface area contributed by atoms with Crippen LogP contribution >= 0.6 is 12.4 Å². The maximum absolute atomic E-state index is 12.4. The Morgan fingerprint density at radius 1 is 1.43 bits per heavy atom. The fourth-order valence-electron chi connectivity index (χ4n) is 2.46. The van der Waals surface area contributed by atoms with E-state index in [1.54, 1.807) is 12.3 Å². The number of carbonyl (C=O) groups is 1. The molecule has 23 heavy (non-hydrogen) atoms. The van der Waals surface area contributed by atoms with Crippen molar-refractivity contribution in [1.29, 1.82) is 0 Å². The number of hydrogen-bond donors (Lipinski definition) is 2. The Balaban J connectivity index is 0.00000192. The molecule has 0 spiro atoms. The Morgan fingerprint density at radius 2 is 2.26 bits per heavy atom. The smallest absolute Gasteiger partial charge is 0.270 e. The number of aromatic nitrogens is 2. The zero-order chi connectivity index (χ0) is 15.5. The van der Waals surface area contributed by atoms with Crippen molar-refractivity contribution in [3.8, 4) is 0 Å². The molecule has 0 radical (unpaired) electrons. The number of hydrogen-bond acceptors (Lipinski definition) is 4. The molecule has 2 aromatic rings. The fourth-order valence-corrected chi connectivity index (χ4v) is 2.46. The predicted molar refractivity (Wildman–Crippen MR) is 91.3 cm³/mol. The topological polar surface area (TPSA) is 75.5 Å². The molecule has 0 unspecified atom stereocenters. The van der Waals surface area contributed by atoms with Gasteiger partial charge in [0.2, 0.25) is 0 Å². The molecule has 0 atom stereocenters. The third-order valence-electron chi connectivity index (χ3n) is 3.73. The lowest BCUT2D eigenvalue weighted by molar-refractivity contribution is 0.0954. The monoisotopic (exact) mass is 334 g/mol. The number of nitrogens with zero attached hydrogens (tertiary/aromatic N) is 2. The molecule has 1 amide bonds. The maximum atomic E-state index is 12.4. The molecular formula is C16H19ClN4O2. The number of nitrogens with one attached hydrogen (secondary N) is 2. The van der Waals surface area contributed by atoms with E-state index in [4.69, 9.17) is 0 Å². The van der Waals surface area contributed by atoms with Crippen molar-refractivity contribution >= 4 is 24.0 Å². The van der Waals surface area contributed by atoms with Crippen LogP contribution in [-0.4, -0.2) is 34.9 Å². The summed E-state index contributed by atoms with van der Waals surface area (Å²) >= 11 is 0. The number of amides is 1. The van der Waals surface area contributed by atoms with E-state index in [0.717, 1.165) is 25.1 Å². The molecule has 0 aromatic carbocycles. The lowest BCUT2D eigenvalue weighted by Crippen LogP contribution is -2.34. The Kier molecular flexibility index (Phi) is 5.52. The van der Waals surface area contributed by atoms with Crippen molar-refractivity contribution in [3.63, 3.8) is 0 Å². The second-order valence-electron chi connectivity index (χ2n) is 5.41. The van der Waals surface area contributed by atoms with E-state index >= 15 is 0 Å². The number of carbonyl (C=O) groups excluding carboxylic acids is 1. The van der Waals surface area contributed by atoms with Crippen LogP contribution in [0.3, 0.4) is 0 Å². The molecule has 7 heteroatoms. The van der Waals surface area contributed by atoms with Crippen molar-refractivity contribution in [1.82, 2.24) is 20.0 Å². The van der Waals surface area contributed by atoms with Crippen LogP contribution in [0.1, 0.15) is 22.3 Å². The highest BCUT2D eigenvalue weighted by atomic mass is 35.5. The number of rotatable bonds is 3. The fraction of sp³-hybridized carbons (Fsp3) is 0.312. The van der Waals surface area contributed by atoms with E-state index in [1.165, 1.54) is 16.2 Å². The quantitative estimate of drug-likeness (QED) is 0.823. The van der Waals surface area contributed by atoms with Crippen LogP contribution in [0.15, 0.2) is 41.0 Å². The highest BCUT2D eigenvalue weighted by molar-refractivity contribution is 5.93. The van der Waals surface area contributed by atoms with Gasteiger partial charge in [0, 0.05) is 25.5 Å². The Labute approximate surface area is 140 Å². The summed E-state index contributed by atoms with van der Waals surface area (Å²) in [7, 11) is 0. The van der Waals surface area contributed by atoms with Gasteiger partial charge < -0.3 is 10.6 Å². The molecule has 0 aliphatic carbocycles. The first-order chi connectivity index (χ1) is 10.6. The van der Waals surface area contributed by atoms with Crippen molar-refractivity contribution in [2.45, 2.75) is 13.3 Å². The van der Waals surface area contributed by atoms with E-state index in [2.05, 4.69) is 21.7 Å². The second kappa shape index (κ2) is 7.39. The summed E-state index contributed by atoms with van der Waals surface area (Å²) in [5, 5.41) is 6.02. The summed E-state index contributed by atoms with van der Waals surface area (Å²) in [6, 6.07) is 3.64. The molecule has 2 aromatic heterocycles. The first kappa shape index (κ1) is 17.2. The number of halogens is 1. The van der Waals surface area contributed by atoms with E-state index in [0.29, 0.717) is 12.2 Å². The molecule has 1 aliphatic heterocycles. The zero-order valence-electron chi connectivity index (χ0n) is 12.8. The Bertz CT molecular complexity index is 813. The Hall–Kier alpha value is -2.18. The van der Waals surface area contributed by atoms with Gasteiger partial charge in [0.1, 0.15) is 11.2 Å². The van der Waals surface area contributed by atoms with Gasteiger partial charge in [-0.1, -0.05) is 17.7 Å². The minimum absolute atomic E-state index is 0. The van der Waals surface area contributed by atoms with Crippen molar-refractivity contribution in [2.24, 2.45) is 0 Å². The number of aryl methyl sites for hydroxylation is 1. The van der Waals surface area contributed by atoms with Gasteiger partial charge in [-0.3, -0.25) is 14.0 Å². The first-order valence-corrected chi connectivity index (χ1v) is 7.30. The van der Waals surface area contributed by atoms with E-state index < -0.39 is 0 Å². The van der Waals surface area contributed by atoms with E-state index in [9.17, 15) is 9.59 Å². The van der Waals surface area contributed by atoms with Crippen LogP contribution in [0, 0.1) is 6.92 Å². The lowest BCUT2D eigenvalue weighted by atomic mass is 10.1. The van der Waals surface area contributed by atoms with Gasteiger partial charge in [0.15, 0.2) is 0 Å². The lowest BCUT2D eigenvalue weighted by Gasteiger charge is -2.14. The summed E-state index contributed by atoms with van der Waals surface area (Å²) in [4.78, 5) is 28.8. The summed E-state index contributed by atoms with van der Waals surface area (Å²) in [6.07, 6.45) is 6.02. The molecule has 0 bridgehead atoms. The van der Waals surface area contributed by atoms with Crippen molar-refractivity contribution < 1.29 is 4.79 Å². The number of pyridine rings is 1. The van der Waals surface area contributed by atoms with Crippen molar-refractivity contribution in [3.05, 3.63) is 57.7 Å².